The first-order chi connectivity index (χ1) is 15.0. The van der Waals surface area contributed by atoms with Gasteiger partial charge in [0.05, 0.1) is 53.2 Å². The Morgan fingerprint density at radius 2 is 2.00 bits per heavy atom. The van der Waals surface area contributed by atoms with E-state index in [0.717, 1.165) is 35.2 Å². The maximum atomic E-state index is 12.3. The summed E-state index contributed by atoms with van der Waals surface area (Å²) in [7, 11) is 1.56. The Morgan fingerprint density at radius 3 is 2.71 bits per heavy atom. The zero-order valence-electron chi connectivity index (χ0n) is 16.9. The predicted molar refractivity (Wildman–Crippen MR) is 122 cm³/mol. The van der Waals surface area contributed by atoms with E-state index in [2.05, 4.69) is 22.0 Å². The number of ether oxygens (including phenoxy) is 2. The monoisotopic (exact) mass is 436 g/mol. The molecule has 0 saturated carbocycles. The second-order valence-corrected chi connectivity index (χ2v) is 7.85. The Kier molecular flexibility index (Phi) is 4.92. The number of H-pyrrole nitrogens is 1. The SMILES string of the molecule is COc1ccc(-c2cc(C(N)=O)c3[nH]c4cc(N5CCOCC5)ccc4c3n2)cc1Cl. The lowest BCUT2D eigenvalue weighted by atomic mass is 10.1. The fraction of sp³-hybridized carbons (Fsp3) is 0.217. The number of primary amides is 1. The zero-order chi connectivity index (χ0) is 21.5. The number of carbonyl (C=O) groups excluding carboxylic acids is 1. The normalized spacial score (nSPS) is 14.3. The molecule has 0 atom stereocenters. The molecular weight excluding hydrogens is 416 g/mol. The van der Waals surface area contributed by atoms with Gasteiger partial charge < -0.3 is 25.1 Å². The molecular formula is C23H21ClN4O3. The first-order valence-electron chi connectivity index (χ1n) is 9.98. The van der Waals surface area contributed by atoms with Gasteiger partial charge in [-0.2, -0.15) is 0 Å². The van der Waals surface area contributed by atoms with Crippen LogP contribution in [0.1, 0.15) is 10.4 Å². The number of rotatable bonds is 4. The average molecular weight is 437 g/mol. The summed E-state index contributed by atoms with van der Waals surface area (Å²) < 4.78 is 10.7. The van der Waals surface area contributed by atoms with Gasteiger partial charge in [0.2, 0.25) is 0 Å². The number of benzene rings is 2. The van der Waals surface area contributed by atoms with Crippen molar-refractivity contribution in [2.75, 3.05) is 38.3 Å². The highest BCUT2D eigenvalue weighted by Crippen LogP contribution is 2.34. The van der Waals surface area contributed by atoms with Crippen LogP contribution < -0.4 is 15.4 Å². The Morgan fingerprint density at radius 1 is 1.19 bits per heavy atom. The molecule has 0 aliphatic carbocycles. The van der Waals surface area contributed by atoms with Gasteiger partial charge in [-0.05, 0) is 42.5 Å². The third-order valence-electron chi connectivity index (χ3n) is 5.63. The molecule has 0 radical (unpaired) electrons. The van der Waals surface area contributed by atoms with E-state index in [-0.39, 0.29) is 0 Å². The molecule has 5 rings (SSSR count). The number of amides is 1. The van der Waals surface area contributed by atoms with Crippen molar-refractivity contribution in [1.82, 2.24) is 9.97 Å². The van der Waals surface area contributed by atoms with Gasteiger partial charge in [-0.25, -0.2) is 4.98 Å². The highest BCUT2D eigenvalue weighted by atomic mass is 35.5. The number of morpholine rings is 1. The van der Waals surface area contributed by atoms with Crippen LogP contribution in [-0.4, -0.2) is 49.3 Å². The first kappa shape index (κ1) is 19.7. The highest BCUT2D eigenvalue weighted by Gasteiger charge is 2.18. The second-order valence-electron chi connectivity index (χ2n) is 7.45. The van der Waals surface area contributed by atoms with Crippen molar-refractivity contribution in [2.45, 2.75) is 0 Å². The molecule has 2 aromatic carbocycles. The number of aromatic nitrogens is 2. The summed E-state index contributed by atoms with van der Waals surface area (Å²) in [6.45, 7) is 3.12. The molecule has 1 aliphatic rings. The predicted octanol–water partition coefficient (Wildman–Crippen LogP) is 3.98. The molecule has 0 unspecified atom stereocenters. The van der Waals surface area contributed by atoms with Crippen molar-refractivity contribution in [1.29, 1.82) is 0 Å². The molecule has 2 aromatic heterocycles. The highest BCUT2D eigenvalue weighted by molar-refractivity contribution is 6.32. The van der Waals surface area contributed by atoms with Gasteiger partial charge in [0.15, 0.2) is 0 Å². The lowest BCUT2D eigenvalue weighted by molar-refractivity contribution is 0.100. The van der Waals surface area contributed by atoms with E-state index in [0.29, 0.717) is 46.3 Å². The van der Waals surface area contributed by atoms with Gasteiger partial charge in [0.25, 0.3) is 5.91 Å². The number of hydrogen-bond donors (Lipinski definition) is 2. The standard InChI is InChI=1S/C23H21ClN4O3/c1-30-20-5-2-13(10-17(20)24)18-12-16(23(25)29)22-21(26-18)15-4-3-14(11-19(15)27-22)28-6-8-31-9-7-28/h2-5,10-12,27H,6-9H2,1H3,(H2,25,29). The van der Waals surface area contributed by atoms with Crippen LogP contribution in [0.3, 0.4) is 0 Å². The van der Waals surface area contributed by atoms with E-state index in [4.69, 9.17) is 31.8 Å². The summed E-state index contributed by atoms with van der Waals surface area (Å²) in [5.41, 5.74) is 10.8. The van der Waals surface area contributed by atoms with Crippen LogP contribution >= 0.6 is 11.6 Å². The van der Waals surface area contributed by atoms with Gasteiger partial charge in [-0.1, -0.05) is 11.6 Å². The maximum absolute atomic E-state index is 12.3. The van der Waals surface area contributed by atoms with E-state index in [1.54, 1.807) is 25.3 Å². The van der Waals surface area contributed by atoms with Crippen molar-refractivity contribution in [2.24, 2.45) is 5.73 Å². The minimum atomic E-state index is -0.520. The summed E-state index contributed by atoms with van der Waals surface area (Å²) >= 11 is 6.30. The molecule has 7 nitrogen and oxygen atoms in total. The number of aromatic amines is 1. The summed E-state index contributed by atoms with van der Waals surface area (Å²) in [6.07, 6.45) is 0. The molecule has 1 aliphatic heterocycles. The molecule has 1 fully saturated rings. The first-order valence-corrected chi connectivity index (χ1v) is 10.4. The summed E-state index contributed by atoms with van der Waals surface area (Å²) in [6, 6.07) is 13.3. The van der Waals surface area contributed by atoms with Gasteiger partial charge in [-0.15, -0.1) is 0 Å². The number of anilines is 1. The minimum absolute atomic E-state index is 0.385. The number of carbonyl (C=O) groups is 1. The van der Waals surface area contributed by atoms with Crippen LogP contribution in [0.4, 0.5) is 5.69 Å². The Hall–Kier alpha value is -3.29. The largest absolute Gasteiger partial charge is 0.495 e. The minimum Gasteiger partial charge on any atom is -0.495 e. The molecule has 158 valence electrons. The summed E-state index contributed by atoms with van der Waals surface area (Å²) in [4.78, 5) is 22.7. The fourth-order valence-electron chi connectivity index (χ4n) is 4.03. The number of nitrogens with one attached hydrogen (secondary N) is 1. The fourth-order valence-corrected chi connectivity index (χ4v) is 4.29. The quantitative estimate of drug-likeness (QED) is 0.504. The van der Waals surface area contributed by atoms with Gasteiger partial charge in [0.1, 0.15) is 5.75 Å². The van der Waals surface area contributed by atoms with Crippen molar-refractivity contribution < 1.29 is 14.3 Å². The van der Waals surface area contributed by atoms with E-state index in [1.807, 2.05) is 12.1 Å². The van der Waals surface area contributed by atoms with Gasteiger partial charge >= 0.3 is 0 Å². The zero-order valence-corrected chi connectivity index (χ0v) is 17.7. The molecule has 3 N–H and O–H groups in total. The third-order valence-corrected chi connectivity index (χ3v) is 5.92. The number of nitrogens with two attached hydrogens (primary N) is 1. The molecule has 0 spiro atoms. The topological polar surface area (TPSA) is 93.5 Å². The number of pyridine rings is 1. The maximum Gasteiger partial charge on any atom is 0.250 e. The lowest BCUT2D eigenvalue weighted by Crippen LogP contribution is -2.36. The Bertz CT molecular complexity index is 1310. The Labute approximate surface area is 183 Å². The number of nitrogens with zero attached hydrogens (tertiary/aromatic N) is 2. The molecule has 4 aromatic rings. The van der Waals surface area contributed by atoms with Gasteiger partial charge in [0, 0.05) is 29.7 Å². The molecule has 8 heteroatoms. The van der Waals surface area contributed by atoms with E-state index in [1.165, 1.54) is 0 Å². The van der Waals surface area contributed by atoms with E-state index < -0.39 is 5.91 Å². The van der Waals surface area contributed by atoms with Crippen molar-refractivity contribution in [3.8, 4) is 17.0 Å². The Balaban J connectivity index is 1.68. The second kappa shape index (κ2) is 7.76. The molecule has 1 saturated heterocycles. The van der Waals surface area contributed by atoms with Crippen molar-refractivity contribution in [3.63, 3.8) is 0 Å². The number of hydrogen-bond acceptors (Lipinski definition) is 5. The molecule has 3 heterocycles. The molecule has 1 amide bonds. The number of fused-ring (bicyclic) bond motifs is 3. The molecule has 0 bridgehead atoms. The number of methoxy groups -OCH3 is 1. The average Bonchev–Trinajstić information content (AvgIpc) is 3.16. The van der Waals surface area contributed by atoms with Gasteiger partial charge in [-0.3, -0.25) is 4.79 Å². The van der Waals surface area contributed by atoms with Crippen LogP contribution in [0.2, 0.25) is 5.02 Å². The van der Waals surface area contributed by atoms with Crippen LogP contribution in [0.25, 0.3) is 33.2 Å². The van der Waals surface area contributed by atoms with E-state index >= 15 is 0 Å². The summed E-state index contributed by atoms with van der Waals surface area (Å²) in [5.74, 6) is 0.0533. The van der Waals surface area contributed by atoms with Crippen molar-refractivity contribution in [3.05, 3.63) is 53.1 Å². The number of halogens is 1. The summed E-state index contributed by atoms with van der Waals surface area (Å²) in [5, 5.41) is 1.40. The van der Waals surface area contributed by atoms with Crippen LogP contribution in [0, 0.1) is 0 Å². The lowest BCUT2D eigenvalue weighted by Gasteiger charge is -2.28. The van der Waals surface area contributed by atoms with Crippen LogP contribution in [0.15, 0.2) is 42.5 Å². The van der Waals surface area contributed by atoms with Crippen molar-refractivity contribution >= 4 is 45.1 Å². The van der Waals surface area contributed by atoms with E-state index in [9.17, 15) is 4.79 Å². The smallest absolute Gasteiger partial charge is 0.250 e. The molecule has 31 heavy (non-hydrogen) atoms. The van der Waals surface area contributed by atoms with Crippen LogP contribution in [0.5, 0.6) is 5.75 Å². The van der Waals surface area contributed by atoms with Crippen LogP contribution in [-0.2, 0) is 4.74 Å². The third kappa shape index (κ3) is 3.45.